The van der Waals surface area contributed by atoms with Crippen LogP contribution in [0.4, 0.5) is 0 Å². The number of phenols is 1. The SMILES string of the molecule is COc1cccc([C@@H]2CC(c3ccc(Cl)cc3)=N[C@@H](C(C)C)N2)c1O. The fraction of sp³-hybridized carbons (Fsp3) is 0.350. The molecule has 25 heavy (non-hydrogen) atoms. The summed E-state index contributed by atoms with van der Waals surface area (Å²) in [6.45, 7) is 4.27. The molecule has 1 heterocycles. The van der Waals surface area contributed by atoms with Crippen LogP contribution in [0, 0.1) is 5.92 Å². The van der Waals surface area contributed by atoms with E-state index >= 15 is 0 Å². The molecule has 5 heteroatoms. The summed E-state index contributed by atoms with van der Waals surface area (Å²) in [6.07, 6.45) is 0.668. The molecule has 4 nitrogen and oxygen atoms in total. The molecule has 1 aliphatic rings. The minimum atomic E-state index is -0.0364. The van der Waals surface area contributed by atoms with Crippen LogP contribution in [0.15, 0.2) is 47.5 Å². The number of aliphatic imine (C=N–C) groups is 1. The highest BCUT2D eigenvalue weighted by Gasteiger charge is 2.28. The van der Waals surface area contributed by atoms with Crippen molar-refractivity contribution in [3.05, 3.63) is 58.6 Å². The first-order valence-corrected chi connectivity index (χ1v) is 8.82. The van der Waals surface area contributed by atoms with Crippen molar-refractivity contribution in [1.29, 1.82) is 0 Å². The summed E-state index contributed by atoms with van der Waals surface area (Å²) in [5.41, 5.74) is 2.90. The lowest BCUT2D eigenvalue weighted by atomic mass is 9.93. The van der Waals surface area contributed by atoms with Crippen molar-refractivity contribution in [3.63, 3.8) is 0 Å². The first-order valence-electron chi connectivity index (χ1n) is 8.44. The highest BCUT2D eigenvalue weighted by molar-refractivity contribution is 6.30. The van der Waals surface area contributed by atoms with Gasteiger partial charge in [-0.2, -0.15) is 0 Å². The van der Waals surface area contributed by atoms with Gasteiger partial charge in [0.15, 0.2) is 11.5 Å². The van der Waals surface area contributed by atoms with Gasteiger partial charge in [0.05, 0.1) is 7.11 Å². The van der Waals surface area contributed by atoms with Crippen LogP contribution in [-0.2, 0) is 0 Å². The molecule has 0 fully saturated rings. The van der Waals surface area contributed by atoms with E-state index < -0.39 is 0 Å². The number of benzene rings is 2. The van der Waals surface area contributed by atoms with Gasteiger partial charge in [-0.1, -0.05) is 49.7 Å². The zero-order valence-corrected chi connectivity index (χ0v) is 15.4. The molecule has 0 aliphatic carbocycles. The molecule has 0 aromatic heterocycles. The lowest BCUT2D eigenvalue weighted by Crippen LogP contribution is -2.41. The smallest absolute Gasteiger partial charge is 0.162 e. The maximum absolute atomic E-state index is 10.5. The van der Waals surface area contributed by atoms with Gasteiger partial charge < -0.3 is 9.84 Å². The minimum Gasteiger partial charge on any atom is -0.504 e. The fourth-order valence-electron chi connectivity index (χ4n) is 3.08. The van der Waals surface area contributed by atoms with Crippen LogP contribution in [0.5, 0.6) is 11.5 Å². The number of rotatable bonds is 4. The number of para-hydroxylation sites is 1. The lowest BCUT2D eigenvalue weighted by molar-refractivity contribution is 0.335. The van der Waals surface area contributed by atoms with Gasteiger partial charge in [0.1, 0.15) is 6.17 Å². The third kappa shape index (κ3) is 3.80. The second-order valence-electron chi connectivity index (χ2n) is 6.59. The van der Waals surface area contributed by atoms with Gasteiger partial charge >= 0.3 is 0 Å². The Kier molecular flexibility index (Phi) is 5.30. The average molecular weight is 359 g/mol. The zero-order chi connectivity index (χ0) is 18.0. The molecule has 2 aromatic carbocycles. The Hall–Kier alpha value is -2.04. The van der Waals surface area contributed by atoms with Crippen molar-refractivity contribution >= 4 is 17.3 Å². The number of aromatic hydroxyl groups is 1. The van der Waals surface area contributed by atoms with E-state index in [1.54, 1.807) is 13.2 Å². The lowest BCUT2D eigenvalue weighted by Gasteiger charge is -2.32. The summed E-state index contributed by atoms with van der Waals surface area (Å²) in [4.78, 5) is 4.88. The van der Waals surface area contributed by atoms with Gasteiger partial charge in [-0.05, 0) is 29.7 Å². The van der Waals surface area contributed by atoms with E-state index in [1.165, 1.54) is 0 Å². The quantitative estimate of drug-likeness (QED) is 0.842. The van der Waals surface area contributed by atoms with Crippen LogP contribution in [0.1, 0.15) is 37.4 Å². The van der Waals surface area contributed by atoms with Crippen molar-refractivity contribution in [2.24, 2.45) is 10.9 Å². The second-order valence-corrected chi connectivity index (χ2v) is 7.03. The van der Waals surface area contributed by atoms with Crippen molar-refractivity contribution in [3.8, 4) is 11.5 Å². The Morgan fingerprint density at radius 3 is 2.56 bits per heavy atom. The summed E-state index contributed by atoms with van der Waals surface area (Å²) in [7, 11) is 1.56. The van der Waals surface area contributed by atoms with Crippen molar-refractivity contribution in [2.75, 3.05) is 7.11 Å². The number of nitrogens with one attached hydrogen (secondary N) is 1. The van der Waals surface area contributed by atoms with Crippen LogP contribution in [0.3, 0.4) is 0 Å². The molecule has 132 valence electrons. The van der Waals surface area contributed by atoms with E-state index in [0.29, 0.717) is 23.1 Å². The molecule has 2 N–H and O–H groups in total. The largest absolute Gasteiger partial charge is 0.504 e. The molecule has 2 aromatic rings. The van der Waals surface area contributed by atoms with Gasteiger partial charge in [0.2, 0.25) is 0 Å². The Balaban J connectivity index is 1.97. The summed E-state index contributed by atoms with van der Waals surface area (Å²) in [5, 5.41) is 14.8. The zero-order valence-electron chi connectivity index (χ0n) is 14.7. The third-order valence-electron chi connectivity index (χ3n) is 4.50. The topological polar surface area (TPSA) is 53.8 Å². The molecule has 0 radical (unpaired) electrons. The molecular weight excluding hydrogens is 336 g/mol. The van der Waals surface area contributed by atoms with E-state index in [9.17, 15) is 5.11 Å². The molecule has 0 amide bonds. The van der Waals surface area contributed by atoms with Crippen molar-refractivity contribution < 1.29 is 9.84 Å². The van der Waals surface area contributed by atoms with Crippen LogP contribution in [0.25, 0.3) is 0 Å². The Morgan fingerprint density at radius 1 is 1.20 bits per heavy atom. The molecule has 3 rings (SSSR count). The maximum atomic E-state index is 10.5. The van der Waals surface area contributed by atoms with Crippen LogP contribution in [0.2, 0.25) is 5.02 Å². The van der Waals surface area contributed by atoms with Gasteiger partial charge in [0, 0.05) is 28.8 Å². The normalized spacial score (nSPS) is 20.4. The van der Waals surface area contributed by atoms with Gasteiger partial charge in [-0.25, -0.2) is 0 Å². The second kappa shape index (κ2) is 7.46. The van der Waals surface area contributed by atoms with Crippen LogP contribution in [-0.4, -0.2) is 24.1 Å². The summed E-state index contributed by atoms with van der Waals surface area (Å²) in [5.74, 6) is 0.996. The predicted molar refractivity (Wildman–Crippen MR) is 102 cm³/mol. The standard InChI is InChI=1S/C20H23ClN2O2/c1-12(2)20-22-16(13-7-9-14(21)10-8-13)11-17(23-20)15-5-4-6-18(25-3)19(15)24/h4-10,12,17,20,23-24H,11H2,1-3H3/t17-,20+/m0/s1. The highest BCUT2D eigenvalue weighted by atomic mass is 35.5. The van der Waals surface area contributed by atoms with Crippen molar-refractivity contribution in [2.45, 2.75) is 32.5 Å². The van der Waals surface area contributed by atoms with Gasteiger partial charge in [-0.15, -0.1) is 0 Å². The van der Waals surface area contributed by atoms with E-state index in [4.69, 9.17) is 21.3 Å². The Labute approximate surface area is 153 Å². The molecule has 0 unspecified atom stereocenters. The molecule has 0 spiro atoms. The molecule has 2 atom stereocenters. The molecule has 1 aliphatic heterocycles. The molecule has 0 bridgehead atoms. The number of hydrogen-bond donors (Lipinski definition) is 2. The number of phenolic OH excluding ortho intramolecular Hbond substituents is 1. The number of methoxy groups -OCH3 is 1. The fourth-order valence-corrected chi connectivity index (χ4v) is 3.20. The number of ether oxygens (including phenoxy) is 1. The van der Waals surface area contributed by atoms with Crippen LogP contribution >= 0.6 is 11.6 Å². The van der Waals surface area contributed by atoms with Gasteiger partial charge in [0.25, 0.3) is 0 Å². The maximum Gasteiger partial charge on any atom is 0.162 e. The highest BCUT2D eigenvalue weighted by Crippen LogP contribution is 2.37. The van der Waals surface area contributed by atoms with Gasteiger partial charge in [-0.3, -0.25) is 10.3 Å². The number of hydrogen-bond acceptors (Lipinski definition) is 4. The van der Waals surface area contributed by atoms with Crippen molar-refractivity contribution in [1.82, 2.24) is 5.32 Å². The Bertz CT molecular complexity index is 772. The van der Waals surface area contributed by atoms with E-state index in [0.717, 1.165) is 16.8 Å². The Morgan fingerprint density at radius 2 is 1.92 bits per heavy atom. The molecule has 0 saturated carbocycles. The summed E-state index contributed by atoms with van der Waals surface area (Å²) in [6, 6.07) is 13.3. The van der Waals surface area contributed by atoms with E-state index in [1.807, 2.05) is 36.4 Å². The van der Waals surface area contributed by atoms with E-state index in [-0.39, 0.29) is 18.0 Å². The average Bonchev–Trinajstić information content (AvgIpc) is 2.62. The summed E-state index contributed by atoms with van der Waals surface area (Å²) < 4.78 is 5.25. The van der Waals surface area contributed by atoms with Crippen LogP contribution < -0.4 is 10.1 Å². The van der Waals surface area contributed by atoms with E-state index in [2.05, 4.69) is 19.2 Å². The molecular formula is C20H23ClN2O2. The predicted octanol–water partition coefficient (Wildman–Crippen LogP) is 4.56. The number of nitrogens with zero attached hydrogens (tertiary/aromatic N) is 1. The third-order valence-corrected chi connectivity index (χ3v) is 4.75. The first kappa shape index (κ1) is 17.8. The minimum absolute atomic E-state index is 0.0185. The summed E-state index contributed by atoms with van der Waals surface area (Å²) >= 11 is 6.01. The number of halogens is 1. The molecule has 0 saturated heterocycles. The first-order chi connectivity index (χ1) is 12.0. The monoisotopic (exact) mass is 358 g/mol.